The fourth-order valence-corrected chi connectivity index (χ4v) is 5.99. The van der Waals surface area contributed by atoms with Gasteiger partial charge in [-0.25, -0.2) is 0 Å². The minimum absolute atomic E-state index is 1.01. The van der Waals surface area contributed by atoms with Gasteiger partial charge in [0.05, 0.1) is 0 Å². The third kappa shape index (κ3) is 26.4. The molecule has 0 amide bonds. The molecule has 0 radical (unpaired) electrons. The molecule has 0 spiro atoms. The van der Waals surface area contributed by atoms with Gasteiger partial charge in [-0.2, -0.15) is 0 Å². The molecular formula is C25H53AsO. The quantitative estimate of drug-likeness (QED) is 0.120. The van der Waals surface area contributed by atoms with Crippen LogP contribution in [0.1, 0.15) is 142 Å². The van der Waals surface area contributed by atoms with E-state index < -0.39 is 13.5 Å². The topological polar surface area (TPSA) is 17.1 Å². The second-order valence-electron chi connectivity index (χ2n) is 9.37. The summed E-state index contributed by atoms with van der Waals surface area (Å²) in [6, 6.07) is 0. The van der Waals surface area contributed by atoms with Crippen LogP contribution in [0.2, 0.25) is 16.6 Å². The first-order valence-electron chi connectivity index (χ1n) is 12.6. The number of rotatable bonds is 22. The van der Waals surface area contributed by atoms with Crippen LogP contribution in [0.25, 0.3) is 0 Å². The van der Waals surface area contributed by atoms with Crippen molar-refractivity contribution in [1.29, 1.82) is 0 Å². The van der Waals surface area contributed by atoms with Gasteiger partial charge in [0.25, 0.3) is 0 Å². The van der Waals surface area contributed by atoms with Gasteiger partial charge in [-0.1, -0.05) is 71.1 Å². The van der Waals surface area contributed by atoms with E-state index in [-0.39, 0.29) is 0 Å². The molecule has 0 fully saturated rings. The summed E-state index contributed by atoms with van der Waals surface area (Å²) in [6.45, 7) is 2.30. The van der Waals surface area contributed by atoms with E-state index in [1.807, 2.05) is 11.4 Å². The molecule has 0 aromatic rings. The maximum atomic E-state index is 11.7. The van der Waals surface area contributed by atoms with Crippen LogP contribution in [-0.4, -0.2) is 13.5 Å². The van der Waals surface area contributed by atoms with E-state index in [1.54, 1.807) is 0 Å². The molecule has 0 aromatic carbocycles. The second kappa shape index (κ2) is 21.1. The molecule has 1 nitrogen and oxygen atoms in total. The molecule has 0 aliphatic heterocycles. The van der Waals surface area contributed by atoms with Crippen molar-refractivity contribution < 1.29 is 3.74 Å². The van der Waals surface area contributed by atoms with Crippen molar-refractivity contribution in [3.63, 3.8) is 0 Å². The first-order valence-corrected chi connectivity index (χ1v) is 18.4. The van der Waals surface area contributed by atoms with E-state index in [0.29, 0.717) is 0 Å². The maximum absolute atomic E-state index is 11.7. The summed E-state index contributed by atoms with van der Waals surface area (Å²) in [4.78, 5) is 0. The first kappa shape index (κ1) is 27.4. The Kier molecular flexibility index (Phi) is 21.4. The third-order valence-corrected chi connectivity index (χ3v) is 8.72. The van der Waals surface area contributed by atoms with Crippen molar-refractivity contribution in [1.82, 2.24) is 0 Å². The molecule has 0 aliphatic rings. The summed E-state index contributed by atoms with van der Waals surface area (Å²) in [5, 5.41) is 1.01. The van der Waals surface area contributed by atoms with E-state index in [1.165, 1.54) is 135 Å². The minimum atomic E-state index is -2.33. The predicted molar refractivity (Wildman–Crippen MR) is 126 cm³/mol. The van der Waals surface area contributed by atoms with Crippen molar-refractivity contribution >= 4 is 13.5 Å². The Bertz CT molecular complexity index is 320. The van der Waals surface area contributed by atoms with Crippen LogP contribution < -0.4 is 0 Å². The van der Waals surface area contributed by atoms with Gasteiger partial charge in [-0.3, -0.25) is 0 Å². The van der Waals surface area contributed by atoms with Crippen LogP contribution in [0.5, 0.6) is 0 Å². The SMILES string of the molecule is CCCCCCCCCCCCCCCCCCCCCCC[As](C)(C)=O. The van der Waals surface area contributed by atoms with Crippen LogP contribution >= 0.6 is 0 Å². The Morgan fingerprint density at radius 2 is 0.630 bits per heavy atom. The second-order valence-corrected chi connectivity index (χ2v) is 16.9. The number of hydrogen-bond acceptors (Lipinski definition) is 1. The molecule has 0 atom stereocenters. The average molecular weight is 445 g/mol. The summed E-state index contributed by atoms with van der Waals surface area (Å²) < 4.78 is 11.7. The Morgan fingerprint density at radius 1 is 0.407 bits per heavy atom. The molecule has 0 bridgehead atoms. The molecule has 0 heterocycles. The van der Waals surface area contributed by atoms with Crippen LogP contribution in [0.3, 0.4) is 0 Å². The standard InChI is InChI=1S/C25H53AsO/c1-4-5-6-7-8-9-10-11-12-13-14-15-16-17-18-19-20-21-22-23-24-25-26(2,3)27/h4-25H2,1-3H3. The molecule has 0 aromatic heterocycles. The zero-order valence-corrected chi connectivity index (χ0v) is 21.3. The molecule has 0 aliphatic carbocycles. The zero-order chi connectivity index (χ0) is 20.1. The average Bonchev–Trinajstić information content (AvgIpc) is 2.62. The Balaban J connectivity index is 3.02. The Morgan fingerprint density at radius 3 is 0.852 bits per heavy atom. The molecule has 164 valence electrons. The fourth-order valence-electron chi connectivity index (χ4n) is 3.92. The molecule has 0 saturated carbocycles. The molecule has 0 N–H and O–H groups in total. The molecule has 0 saturated heterocycles. The monoisotopic (exact) mass is 444 g/mol. The van der Waals surface area contributed by atoms with E-state index in [0.717, 1.165) is 5.21 Å². The zero-order valence-electron chi connectivity index (χ0n) is 19.4. The summed E-state index contributed by atoms with van der Waals surface area (Å²) in [7, 11) is 0. The van der Waals surface area contributed by atoms with Crippen molar-refractivity contribution in [2.24, 2.45) is 0 Å². The summed E-state index contributed by atoms with van der Waals surface area (Å²) in [5.74, 6) is 0. The molecular weight excluding hydrogens is 391 g/mol. The van der Waals surface area contributed by atoms with Crippen LogP contribution in [0.4, 0.5) is 0 Å². The van der Waals surface area contributed by atoms with Crippen LogP contribution in [0, 0.1) is 0 Å². The number of unbranched alkanes of at least 4 members (excludes halogenated alkanes) is 20. The van der Waals surface area contributed by atoms with Gasteiger partial charge < -0.3 is 0 Å². The fraction of sp³-hybridized carbons (Fsp3) is 1.00. The van der Waals surface area contributed by atoms with E-state index in [9.17, 15) is 3.74 Å². The van der Waals surface area contributed by atoms with Crippen LogP contribution in [0.15, 0.2) is 0 Å². The van der Waals surface area contributed by atoms with Gasteiger partial charge in [0.2, 0.25) is 0 Å². The normalized spacial score (nSPS) is 12.0. The van der Waals surface area contributed by atoms with Gasteiger partial charge in [0, 0.05) is 0 Å². The Hall–Kier alpha value is 0.358. The molecule has 0 unspecified atom stereocenters. The van der Waals surface area contributed by atoms with Crippen molar-refractivity contribution in [2.75, 3.05) is 0 Å². The summed E-state index contributed by atoms with van der Waals surface area (Å²) in [5.41, 5.74) is 3.96. The van der Waals surface area contributed by atoms with Gasteiger partial charge >= 0.3 is 104 Å². The van der Waals surface area contributed by atoms with E-state index >= 15 is 0 Å². The molecule has 0 rings (SSSR count). The first-order chi connectivity index (χ1) is 13.1. The van der Waals surface area contributed by atoms with Gasteiger partial charge in [-0.05, 0) is 0 Å². The summed E-state index contributed by atoms with van der Waals surface area (Å²) >= 11 is -2.33. The third-order valence-electron chi connectivity index (χ3n) is 5.80. The summed E-state index contributed by atoms with van der Waals surface area (Å²) in [6.07, 6.45) is 30.0. The predicted octanol–water partition coefficient (Wildman–Crippen LogP) is 9.83. The van der Waals surface area contributed by atoms with E-state index in [4.69, 9.17) is 0 Å². The molecule has 2 heteroatoms. The van der Waals surface area contributed by atoms with Gasteiger partial charge in [0.1, 0.15) is 0 Å². The van der Waals surface area contributed by atoms with Crippen molar-refractivity contribution in [3.05, 3.63) is 0 Å². The van der Waals surface area contributed by atoms with E-state index in [2.05, 4.69) is 6.92 Å². The number of hydrogen-bond donors (Lipinski definition) is 0. The van der Waals surface area contributed by atoms with Crippen molar-refractivity contribution in [3.8, 4) is 0 Å². The Labute approximate surface area is 175 Å². The van der Waals surface area contributed by atoms with Crippen molar-refractivity contribution in [2.45, 2.75) is 158 Å². The van der Waals surface area contributed by atoms with Crippen LogP contribution in [-0.2, 0) is 3.74 Å². The van der Waals surface area contributed by atoms with Gasteiger partial charge in [0.15, 0.2) is 0 Å². The van der Waals surface area contributed by atoms with Gasteiger partial charge in [-0.15, -0.1) is 0 Å². The molecule has 27 heavy (non-hydrogen) atoms.